The van der Waals surface area contributed by atoms with Crippen molar-refractivity contribution < 1.29 is 4.42 Å². The maximum atomic E-state index is 5.86. The van der Waals surface area contributed by atoms with Gasteiger partial charge in [0.05, 0.1) is 23.6 Å². The van der Waals surface area contributed by atoms with Gasteiger partial charge in [0.2, 0.25) is 0 Å². The van der Waals surface area contributed by atoms with E-state index in [0.29, 0.717) is 12.5 Å². The van der Waals surface area contributed by atoms with Gasteiger partial charge in [0.1, 0.15) is 11.5 Å². The lowest BCUT2D eigenvalue weighted by Crippen LogP contribution is -1.99. The van der Waals surface area contributed by atoms with Gasteiger partial charge in [-0.2, -0.15) is 5.10 Å². The SMILES string of the molecule is Cc1n[nH]c(C)c1NCc1ccc(C2CC2C)o1. The van der Waals surface area contributed by atoms with Crippen molar-refractivity contribution >= 4 is 5.69 Å². The summed E-state index contributed by atoms with van der Waals surface area (Å²) in [5.41, 5.74) is 3.14. The predicted octanol–water partition coefficient (Wildman–Crippen LogP) is 3.36. The number of nitrogens with one attached hydrogen (secondary N) is 2. The third-order valence-electron chi connectivity index (χ3n) is 3.72. The van der Waals surface area contributed by atoms with Gasteiger partial charge in [0.25, 0.3) is 0 Å². The fourth-order valence-electron chi connectivity index (χ4n) is 2.39. The number of rotatable bonds is 4. The van der Waals surface area contributed by atoms with E-state index in [0.717, 1.165) is 34.5 Å². The Hall–Kier alpha value is -1.71. The molecule has 1 aliphatic rings. The van der Waals surface area contributed by atoms with Gasteiger partial charge in [-0.05, 0) is 38.3 Å². The van der Waals surface area contributed by atoms with E-state index < -0.39 is 0 Å². The summed E-state index contributed by atoms with van der Waals surface area (Å²) in [5, 5.41) is 10.5. The highest BCUT2D eigenvalue weighted by Gasteiger charge is 2.36. The molecule has 0 spiro atoms. The third kappa shape index (κ3) is 2.03. The minimum absolute atomic E-state index is 0.649. The Morgan fingerprint density at radius 1 is 1.44 bits per heavy atom. The second-order valence-corrected chi connectivity index (χ2v) is 5.29. The summed E-state index contributed by atoms with van der Waals surface area (Å²) < 4.78 is 5.86. The van der Waals surface area contributed by atoms with Crippen molar-refractivity contribution in [2.45, 2.75) is 39.7 Å². The minimum atomic E-state index is 0.649. The van der Waals surface area contributed by atoms with Gasteiger partial charge in [-0.15, -0.1) is 0 Å². The average molecular weight is 245 g/mol. The number of nitrogens with zero attached hydrogens (tertiary/aromatic N) is 1. The molecule has 3 rings (SSSR count). The second kappa shape index (κ2) is 4.19. The Bertz CT molecular complexity index is 536. The first-order valence-electron chi connectivity index (χ1n) is 6.49. The van der Waals surface area contributed by atoms with Crippen LogP contribution in [0.4, 0.5) is 5.69 Å². The summed E-state index contributed by atoms with van der Waals surface area (Å²) in [4.78, 5) is 0. The number of aryl methyl sites for hydroxylation is 2. The largest absolute Gasteiger partial charge is 0.464 e. The predicted molar refractivity (Wildman–Crippen MR) is 70.6 cm³/mol. The first-order valence-corrected chi connectivity index (χ1v) is 6.49. The second-order valence-electron chi connectivity index (χ2n) is 5.29. The van der Waals surface area contributed by atoms with Crippen LogP contribution in [0, 0.1) is 19.8 Å². The molecule has 2 unspecified atom stereocenters. The lowest BCUT2D eigenvalue weighted by Gasteiger charge is -2.04. The highest BCUT2D eigenvalue weighted by atomic mass is 16.3. The molecule has 1 saturated carbocycles. The lowest BCUT2D eigenvalue weighted by atomic mass is 10.3. The van der Waals surface area contributed by atoms with E-state index in [1.54, 1.807) is 0 Å². The van der Waals surface area contributed by atoms with E-state index >= 15 is 0 Å². The molecule has 2 N–H and O–H groups in total. The van der Waals surface area contributed by atoms with Crippen LogP contribution >= 0.6 is 0 Å². The molecule has 4 nitrogen and oxygen atoms in total. The molecule has 2 aromatic rings. The van der Waals surface area contributed by atoms with Crippen LogP contribution in [-0.4, -0.2) is 10.2 Å². The number of anilines is 1. The number of aromatic nitrogens is 2. The quantitative estimate of drug-likeness (QED) is 0.868. The smallest absolute Gasteiger partial charge is 0.123 e. The van der Waals surface area contributed by atoms with Crippen LogP contribution in [0.1, 0.15) is 42.2 Å². The van der Waals surface area contributed by atoms with Crippen LogP contribution < -0.4 is 5.32 Å². The number of aromatic amines is 1. The molecular weight excluding hydrogens is 226 g/mol. The van der Waals surface area contributed by atoms with Crippen molar-refractivity contribution in [2.75, 3.05) is 5.32 Å². The van der Waals surface area contributed by atoms with Crippen molar-refractivity contribution in [3.63, 3.8) is 0 Å². The molecule has 2 atom stereocenters. The monoisotopic (exact) mass is 245 g/mol. The Morgan fingerprint density at radius 2 is 2.22 bits per heavy atom. The zero-order valence-corrected chi connectivity index (χ0v) is 11.1. The number of furan rings is 1. The number of hydrogen-bond acceptors (Lipinski definition) is 3. The number of hydrogen-bond donors (Lipinski definition) is 2. The maximum absolute atomic E-state index is 5.86. The van der Waals surface area contributed by atoms with Crippen LogP contribution in [0.5, 0.6) is 0 Å². The van der Waals surface area contributed by atoms with Crippen molar-refractivity contribution in [1.29, 1.82) is 0 Å². The van der Waals surface area contributed by atoms with Gasteiger partial charge in [0.15, 0.2) is 0 Å². The Kier molecular flexibility index (Phi) is 2.65. The molecule has 96 valence electrons. The van der Waals surface area contributed by atoms with Crippen molar-refractivity contribution in [3.05, 3.63) is 35.0 Å². The summed E-state index contributed by atoms with van der Waals surface area (Å²) in [6, 6.07) is 4.18. The average Bonchev–Trinajstić information content (AvgIpc) is 2.76. The van der Waals surface area contributed by atoms with Crippen LogP contribution in [0.2, 0.25) is 0 Å². The van der Waals surface area contributed by atoms with Crippen LogP contribution in [-0.2, 0) is 6.54 Å². The van der Waals surface area contributed by atoms with E-state index in [1.807, 2.05) is 13.8 Å². The fourth-order valence-corrected chi connectivity index (χ4v) is 2.39. The molecule has 0 radical (unpaired) electrons. The molecule has 0 aliphatic heterocycles. The van der Waals surface area contributed by atoms with Gasteiger partial charge in [-0.25, -0.2) is 0 Å². The molecule has 4 heteroatoms. The fraction of sp³-hybridized carbons (Fsp3) is 0.500. The van der Waals surface area contributed by atoms with E-state index in [2.05, 4.69) is 34.6 Å². The standard InChI is InChI=1S/C14H19N3O/c1-8-6-12(8)13-5-4-11(18-13)7-15-14-9(2)16-17-10(14)3/h4-5,8,12,15H,6-7H2,1-3H3,(H,16,17). The van der Waals surface area contributed by atoms with Crippen molar-refractivity contribution in [1.82, 2.24) is 10.2 Å². The maximum Gasteiger partial charge on any atom is 0.123 e. The van der Waals surface area contributed by atoms with Gasteiger partial charge in [-0.1, -0.05) is 6.92 Å². The molecule has 1 fully saturated rings. The highest BCUT2D eigenvalue weighted by molar-refractivity contribution is 5.51. The van der Waals surface area contributed by atoms with E-state index in [-0.39, 0.29) is 0 Å². The summed E-state index contributed by atoms with van der Waals surface area (Å²) >= 11 is 0. The van der Waals surface area contributed by atoms with Crippen molar-refractivity contribution in [3.8, 4) is 0 Å². The molecule has 2 aromatic heterocycles. The highest BCUT2D eigenvalue weighted by Crippen LogP contribution is 2.47. The molecule has 0 saturated heterocycles. The molecule has 0 aromatic carbocycles. The van der Waals surface area contributed by atoms with Gasteiger partial charge < -0.3 is 9.73 Å². The van der Waals surface area contributed by atoms with Crippen molar-refractivity contribution in [2.24, 2.45) is 5.92 Å². The van der Waals surface area contributed by atoms with Gasteiger partial charge >= 0.3 is 0 Å². The van der Waals surface area contributed by atoms with Crippen LogP contribution in [0.3, 0.4) is 0 Å². The van der Waals surface area contributed by atoms with Crippen LogP contribution in [0.15, 0.2) is 16.5 Å². The normalized spacial score (nSPS) is 22.2. The first-order chi connectivity index (χ1) is 8.65. The minimum Gasteiger partial charge on any atom is -0.464 e. The summed E-state index contributed by atoms with van der Waals surface area (Å²) in [5.74, 6) is 3.57. The van der Waals surface area contributed by atoms with E-state index in [1.165, 1.54) is 6.42 Å². The lowest BCUT2D eigenvalue weighted by molar-refractivity contribution is 0.468. The Balaban J connectivity index is 1.65. The zero-order chi connectivity index (χ0) is 12.7. The van der Waals surface area contributed by atoms with Crippen LogP contribution in [0.25, 0.3) is 0 Å². The molecule has 0 amide bonds. The Labute approximate surface area is 107 Å². The zero-order valence-electron chi connectivity index (χ0n) is 11.1. The van der Waals surface area contributed by atoms with Gasteiger partial charge in [-0.3, -0.25) is 5.10 Å². The summed E-state index contributed by atoms with van der Waals surface area (Å²) in [7, 11) is 0. The topological polar surface area (TPSA) is 53.9 Å². The number of H-pyrrole nitrogens is 1. The molecule has 18 heavy (non-hydrogen) atoms. The molecule has 1 aliphatic carbocycles. The summed E-state index contributed by atoms with van der Waals surface area (Å²) in [6.45, 7) is 6.98. The first kappa shape index (κ1) is 11.4. The summed E-state index contributed by atoms with van der Waals surface area (Å²) in [6.07, 6.45) is 1.26. The third-order valence-corrected chi connectivity index (χ3v) is 3.72. The Morgan fingerprint density at radius 3 is 2.83 bits per heavy atom. The van der Waals surface area contributed by atoms with E-state index in [9.17, 15) is 0 Å². The molecular formula is C14H19N3O. The van der Waals surface area contributed by atoms with Gasteiger partial charge in [0, 0.05) is 5.92 Å². The van der Waals surface area contributed by atoms with E-state index in [4.69, 9.17) is 4.42 Å². The molecule has 0 bridgehead atoms. The molecule has 2 heterocycles.